The van der Waals surface area contributed by atoms with Gasteiger partial charge in [-0.15, -0.1) is 0 Å². The van der Waals surface area contributed by atoms with Gasteiger partial charge in [-0.3, -0.25) is 0 Å². The van der Waals surface area contributed by atoms with Crippen LogP contribution in [0, 0.1) is 11.8 Å². The predicted molar refractivity (Wildman–Crippen MR) is 71.2 cm³/mol. The van der Waals surface area contributed by atoms with Gasteiger partial charge in [0.2, 0.25) is 0 Å². The minimum absolute atomic E-state index is 0.920. The third kappa shape index (κ3) is 1.42. The molecule has 0 N–H and O–H groups in total. The first-order chi connectivity index (χ1) is 8.45. The van der Waals surface area contributed by atoms with Gasteiger partial charge in [0.25, 0.3) is 0 Å². The molecule has 4 rings (SSSR count). The smallest absolute Gasteiger partial charge is 0.0122 e. The van der Waals surface area contributed by atoms with Crippen LogP contribution in [-0.4, -0.2) is 0 Å². The second kappa shape index (κ2) is 3.86. The van der Waals surface area contributed by atoms with Crippen LogP contribution in [-0.2, 0) is 0 Å². The van der Waals surface area contributed by atoms with Crippen molar-refractivity contribution in [3.63, 3.8) is 0 Å². The van der Waals surface area contributed by atoms with Crippen LogP contribution in [0.5, 0.6) is 0 Å². The normalized spacial score (nSPS) is 39.3. The van der Waals surface area contributed by atoms with E-state index in [2.05, 4.69) is 24.3 Å². The SMILES string of the molecule is c1ccc2c(c1)C1CCCCC3CCCC2C31. The predicted octanol–water partition coefficient (Wildman–Crippen LogP) is 4.86. The molecule has 0 nitrogen and oxygen atoms in total. The summed E-state index contributed by atoms with van der Waals surface area (Å²) in [7, 11) is 0. The Balaban J connectivity index is 1.83. The number of fused-ring (bicyclic) bond motifs is 3. The van der Waals surface area contributed by atoms with Gasteiger partial charge in [0, 0.05) is 0 Å². The summed E-state index contributed by atoms with van der Waals surface area (Å²) in [6.45, 7) is 0. The zero-order chi connectivity index (χ0) is 11.2. The van der Waals surface area contributed by atoms with Crippen molar-refractivity contribution in [3.05, 3.63) is 35.4 Å². The molecule has 0 radical (unpaired) electrons. The standard InChI is InChI=1S/C17H22/c1-2-10-15-13-8-3-4-9-14(13)16-11-5-7-12(6-1)17(15)16/h3-4,8-9,12,15-17H,1-2,5-7,10-11H2. The molecule has 4 atom stereocenters. The van der Waals surface area contributed by atoms with Gasteiger partial charge in [0.15, 0.2) is 0 Å². The summed E-state index contributed by atoms with van der Waals surface area (Å²) in [6, 6.07) is 9.38. The molecule has 3 aliphatic rings. The number of hydrogen-bond acceptors (Lipinski definition) is 0. The highest BCUT2D eigenvalue weighted by molar-refractivity contribution is 5.41. The molecule has 0 aliphatic heterocycles. The lowest BCUT2D eigenvalue weighted by Crippen LogP contribution is -2.25. The van der Waals surface area contributed by atoms with Crippen LogP contribution >= 0.6 is 0 Å². The topological polar surface area (TPSA) is 0 Å². The number of rotatable bonds is 0. The van der Waals surface area contributed by atoms with Crippen molar-refractivity contribution in [2.75, 3.05) is 0 Å². The van der Waals surface area contributed by atoms with E-state index in [-0.39, 0.29) is 0 Å². The van der Waals surface area contributed by atoms with Crippen molar-refractivity contribution < 1.29 is 0 Å². The van der Waals surface area contributed by atoms with Crippen LogP contribution in [0.25, 0.3) is 0 Å². The van der Waals surface area contributed by atoms with Crippen molar-refractivity contribution >= 4 is 0 Å². The zero-order valence-electron chi connectivity index (χ0n) is 10.6. The Morgan fingerprint density at radius 2 is 1.29 bits per heavy atom. The fourth-order valence-corrected chi connectivity index (χ4v) is 5.13. The van der Waals surface area contributed by atoms with Crippen LogP contribution in [0.1, 0.15) is 67.9 Å². The second-order valence-corrected chi connectivity index (χ2v) is 6.39. The molecule has 0 bridgehead atoms. The summed E-state index contributed by atoms with van der Waals surface area (Å²) in [5.74, 6) is 3.91. The fraction of sp³-hybridized carbons (Fsp3) is 0.647. The molecule has 3 aliphatic carbocycles. The van der Waals surface area contributed by atoms with Gasteiger partial charge in [0.05, 0.1) is 0 Å². The number of hydrogen-bond donors (Lipinski definition) is 0. The van der Waals surface area contributed by atoms with Crippen LogP contribution in [0.4, 0.5) is 0 Å². The molecule has 0 amide bonds. The average Bonchev–Trinajstić information content (AvgIpc) is 2.56. The Labute approximate surface area is 104 Å². The van der Waals surface area contributed by atoms with Crippen molar-refractivity contribution in [2.24, 2.45) is 11.8 Å². The second-order valence-electron chi connectivity index (χ2n) is 6.39. The monoisotopic (exact) mass is 226 g/mol. The molecule has 4 unspecified atom stereocenters. The molecule has 0 heteroatoms. The van der Waals surface area contributed by atoms with Gasteiger partial charge in [-0.25, -0.2) is 0 Å². The third-order valence-corrected chi connectivity index (χ3v) is 5.70. The van der Waals surface area contributed by atoms with E-state index >= 15 is 0 Å². The Kier molecular flexibility index (Phi) is 2.31. The minimum atomic E-state index is 0.920. The summed E-state index contributed by atoms with van der Waals surface area (Å²) in [4.78, 5) is 0. The molecule has 17 heavy (non-hydrogen) atoms. The third-order valence-electron chi connectivity index (χ3n) is 5.70. The van der Waals surface area contributed by atoms with E-state index < -0.39 is 0 Å². The molecule has 1 aromatic carbocycles. The maximum atomic E-state index is 2.43. The van der Waals surface area contributed by atoms with E-state index in [1.165, 1.54) is 44.9 Å². The quantitative estimate of drug-likeness (QED) is 0.592. The molecule has 0 aromatic heterocycles. The minimum Gasteiger partial charge on any atom is -0.0620 e. The average molecular weight is 226 g/mol. The van der Waals surface area contributed by atoms with Crippen LogP contribution in [0.2, 0.25) is 0 Å². The molecule has 2 saturated carbocycles. The Bertz CT molecular complexity index is 420. The molecule has 1 aromatic rings. The van der Waals surface area contributed by atoms with Crippen molar-refractivity contribution in [1.29, 1.82) is 0 Å². The van der Waals surface area contributed by atoms with Crippen LogP contribution in [0.3, 0.4) is 0 Å². The molecule has 90 valence electrons. The molecular weight excluding hydrogens is 204 g/mol. The Morgan fingerprint density at radius 3 is 2.06 bits per heavy atom. The van der Waals surface area contributed by atoms with Crippen LogP contribution in [0.15, 0.2) is 24.3 Å². The first kappa shape index (κ1) is 10.2. The molecular formula is C17H22. The summed E-state index contributed by atoms with van der Waals surface area (Å²) in [6.07, 6.45) is 10.4. The Hall–Kier alpha value is -0.780. The molecule has 0 heterocycles. The summed E-state index contributed by atoms with van der Waals surface area (Å²) in [5.41, 5.74) is 3.46. The largest absolute Gasteiger partial charge is 0.0620 e. The van der Waals surface area contributed by atoms with E-state index in [0.717, 1.165) is 23.7 Å². The lowest BCUT2D eigenvalue weighted by molar-refractivity contribution is 0.189. The molecule has 2 fully saturated rings. The highest BCUT2D eigenvalue weighted by atomic mass is 14.5. The first-order valence-corrected chi connectivity index (χ1v) is 7.54. The van der Waals surface area contributed by atoms with Crippen molar-refractivity contribution in [2.45, 2.75) is 56.8 Å². The maximum Gasteiger partial charge on any atom is -0.0122 e. The summed E-state index contributed by atoms with van der Waals surface area (Å²) >= 11 is 0. The Morgan fingerprint density at radius 1 is 0.706 bits per heavy atom. The lowest BCUT2D eigenvalue weighted by Gasteiger charge is -2.36. The van der Waals surface area contributed by atoms with E-state index in [0.29, 0.717) is 0 Å². The van der Waals surface area contributed by atoms with Gasteiger partial charge in [0.1, 0.15) is 0 Å². The van der Waals surface area contributed by atoms with Gasteiger partial charge < -0.3 is 0 Å². The maximum absolute atomic E-state index is 2.43. The van der Waals surface area contributed by atoms with E-state index in [1.54, 1.807) is 11.1 Å². The molecule has 0 spiro atoms. The van der Waals surface area contributed by atoms with E-state index in [9.17, 15) is 0 Å². The van der Waals surface area contributed by atoms with E-state index in [1.807, 2.05) is 0 Å². The van der Waals surface area contributed by atoms with Gasteiger partial charge in [-0.1, -0.05) is 56.4 Å². The van der Waals surface area contributed by atoms with Gasteiger partial charge in [-0.2, -0.15) is 0 Å². The lowest BCUT2D eigenvalue weighted by atomic mass is 9.69. The van der Waals surface area contributed by atoms with Gasteiger partial charge in [-0.05, 0) is 47.6 Å². The fourth-order valence-electron chi connectivity index (χ4n) is 5.13. The van der Waals surface area contributed by atoms with Crippen molar-refractivity contribution in [3.8, 4) is 0 Å². The number of benzene rings is 1. The highest BCUT2D eigenvalue weighted by Crippen LogP contribution is 2.58. The summed E-state index contributed by atoms with van der Waals surface area (Å²) in [5, 5.41) is 0. The van der Waals surface area contributed by atoms with Crippen LogP contribution < -0.4 is 0 Å². The first-order valence-electron chi connectivity index (χ1n) is 7.54. The summed E-state index contributed by atoms with van der Waals surface area (Å²) < 4.78 is 0. The van der Waals surface area contributed by atoms with E-state index in [4.69, 9.17) is 0 Å². The van der Waals surface area contributed by atoms with Gasteiger partial charge >= 0.3 is 0 Å². The molecule has 0 saturated heterocycles. The van der Waals surface area contributed by atoms with Crippen molar-refractivity contribution in [1.82, 2.24) is 0 Å². The zero-order valence-corrected chi connectivity index (χ0v) is 10.6. The highest BCUT2D eigenvalue weighted by Gasteiger charge is 2.46.